The van der Waals surface area contributed by atoms with Gasteiger partial charge in [0.2, 0.25) is 0 Å². The first-order chi connectivity index (χ1) is 9.33. The summed E-state index contributed by atoms with van der Waals surface area (Å²) in [5.41, 5.74) is 0. The molecule has 4 aromatic carbocycles. The highest BCUT2D eigenvalue weighted by Crippen LogP contribution is 2.32. The maximum Gasteiger partial charge on any atom is 0.0181 e. The average molecular weight is 307 g/mol. The minimum Gasteiger partial charge on any atom is -0.0616 e. The monoisotopic (exact) mass is 306 g/mol. The van der Waals surface area contributed by atoms with E-state index in [1.165, 1.54) is 32.3 Å². The first-order valence-electron chi connectivity index (χ1n) is 6.33. The number of fused-ring (bicyclic) bond motifs is 5. The van der Waals surface area contributed by atoms with Gasteiger partial charge in [0.1, 0.15) is 0 Å². The van der Waals surface area contributed by atoms with Crippen LogP contribution < -0.4 is 0 Å². The Morgan fingerprint density at radius 3 is 2.00 bits per heavy atom. The molecule has 0 aliphatic heterocycles. The van der Waals surface area contributed by atoms with Crippen LogP contribution in [0.1, 0.15) is 0 Å². The maximum absolute atomic E-state index is 3.54. The quantitative estimate of drug-likeness (QED) is 0.354. The molecule has 0 unspecified atom stereocenters. The van der Waals surface area contributed by atoms with Crippen molar-refractivity contribution in [2.75, 3.05) is 0 Å². The van der Waals surface area contributed by atoms with Crippen LogP contribution in [0.15, 0.2) is 71.2 Å². The minimum atomic E-state index is 1.13. The Morgan fingerprint density at radius 1 is 0.526 bits per heavy atom. The van der Waals surface area contributed by atoms with Crippen molar-refractivity contribution >= 4 is 48.2 Å². The van der Waals surface area contributed by atoms with Crippen LogP contribution >= 0.6 is 15.9 Å². The molecular weight excluding hydrogens is 296 g/mol. The Kier molecular flexibility index (Phi) is 2.36. The molecule has 19 heavy (non-hydrogen) atoms. The predicted molar refractivity (Wildman–Crippen MR) is 86.7 cm³/mol. The number of benzene rings is 4. The van der Waals surface area contributed by atoms with Crippen LogP contribution in [0.3, 0.4) is 0 Å². The van der Waals surface area contributed by atoms with E-state index < -0.39 is 0 Å². The molecule has 0 aromatic heterocycles. The van der Waals surface area contributed by atoms with Crippen molar-refractivity contribution in [2.24, 2.45) is 0 Å². The number of hydrogen-bond acceptors (Lipinski definition) is 0. The standard InChI is InChI=1S/C18H11Br/c19-14-7-10-16-13(11-14)6-9-17-15-4-2-1-3-12(15)5-8-18(16)17/h1-11H. The lowest BCUT2D eigenvalue weighted by Gasteiger charge is -2.07. The number of halogens is 1. The predicted octanol–water partition coefficient (Wildman–Crippen LogP) is 5.91. The van der Waals surface area contributed by atoms with Crippen molar-refractivity contribution in [2.45, 2.75) is 0 Å². The Balaban J connectivity index is 2.26. The molecule has 0 amide bonds. The van der Waals surface area contributed by atoms with Gasteiger partial charge in [0.25, 0.3) is 0 Å². The molecule has 0 radical (unpaired) electrons. The molecule has 0 heterocycles. The lowest BCUT2D eigenvalue weighted by Crippen LogP contribution is -1.80. The molecule has 0 atom stereocenters. The van der Waals surface area contributed by atoms with Crippen LogP contribution in [-0.4, -0.2) is 0 Å². The lowest BCUT2D eigenvalue weighted by atomic mass is 9.97. The molecule has 4 aromatic rings. The van der Waals surface area contributed by atoms with Gasteiger partial charge in [-0.1, -0.05) is 70.5 Å². The van der Waals surface area contributed by atoms with Gasteiger partial charge >= 0.3 is 0 Å². The van der Waals surface area contributed by atoms with Gasteiger partial charge in [0.15, 0.2) is 0 Å². The largest absolute Gasteiger partial charge is 0.0616 e. The van der Waals surface area contributed by atoms with Crippen molar-refractivity contribution in [1.29, 1.82) is 0 Å². The fraction of sp³-hybridized carbons (Fsp3) is 0. The van der Waals surface area contributed by atoms with Crippen LogP contribution in [0, 0.1) is 0 Å². The first kappa shape index (κ1) is 11.0. The second-order valence-corrected chi connectivity index (χ2v) is 5.73. The summed E-state index contributed by atoms with van der Waals surface area (Å²) in [4.78, 5) is 0. The molecule has 0 N–H and O–H groups in total. The molecule has 0 bridgehead atoms. The van der Waals surface area contributed by atoms with E-state index in [9.17, 15) is 0 Å². The third-order valence-electron chi connectivity index (χ3n) is 3.70. The summed E-state index contributed by atoms with van der Waals surface area (Å²) < 4.78 is 1.13. The third-order valence-corrected chi connectivity index (χ3v) is 4.20. The van der Waals surface area contributed by atoms with Crippen molar-refractivity contribution in [3.05, 3.63) is 71.2 Å². The van der Waals surface area contributed by atoms with Crippen molar-refractivity contribution in [1.82, 2.24) is 0 Å². The van der Waals surface area contributed by atoms with E-state index in [-0.39, 0.29) is 0 Å². The highest BCUT2D eigenvalue weighted by atomic mass is 79.9. The summed E-state index contributed by atoms with van der Waals surface area (Å²) in [5, 5.41) is 7.86. The molecule has 4 rings (SSSR count). The highest BCUT2D eigenvalue weighted by molar-refractivity contribution is 9.10. The van der Waals surface area contributed by atoms with Crippen LogP contribution in [0.4, 0.5) is 0 Å². The molecule has 1 heteroatoms. The summed E-state index contributed by atoms with van der Waals surface area (Å²) in [6, 6.07) is 23.9. The molecule has 0 aliphatic rings. The molecule has 0 fully saturated rings. The van der Waals surface area contributed by atoms with Crippen LogP contribution in [0.25, 0.3) is 32.3 Å². The smallest absolute Gasteiger partial charge is 0.0181 e. The van der Waals surface area contributed by atoms with Gasteiger partial charge in [-0.3, -0.25) is 0 Å². The van der Waals surface area contributed by atoms with E-state index >= 15 is 0 Å². The van der Waals surface area contributed by atoms with Gasteiger partial charge in [0.05, 0.1) is 0 Å². The molecule has 0 spiro atoms. The van der Waals surface area contributed by atoms with Crippen LogP contribution in [0.5, 0.6) is 0 Å². The van der Waals surface area contributed by atoms with Crippen LogP contribution in [-0.2, 0) is 0 Å². The minimum absolute atomic E-state index is 1.13. The van der Waals surface area contributed by atoms with Crippen molar-refractivity contribution in [3.8, 4) is 0 Å². The van der Waals surface area contributed by atoms with Crippen LogP contribution in [0.2, 0.25) is 0 Å². The highest BCUT2D eigenvalue weighted by Gasteiger charge is 2.04. The fourth-order valence-corrected chi connectivity index (χ4v) is 3.18. The van der Waals surface area contributed by atoms with E-state index in [2.05, 4.69) is 82.7 Å². The second kappa shape index (κ2) is 4.07. The normalized spacial score (nSPS) is 11.4. The molecule has 90 valence electrons. The number of hydrogen-bond donors (Lipinski definition) is 0. The average Bonchev–Trinajstić information content (AvgIpc) is 2.46. The van der Waals surface area contributed by atoms with Crippen molar-refractivity contribution in [3.63, 3.8) is 0 Å². The van der Waals surface area contributed by atoms with Gasteiger partial charge < -0.3 is 0 Å². The summed E-state index contributed by atoms with van der Waals surface area (Å²) in [6.07, 6.45) is 0. The SMILES string of the molecule is Brc1ccc2c(ccc3c4ccccc4ccc23)c1. The number of rotatable bonds is 0. The van der Waals surface area contributed by atoms with E-state index in [1.54, 1.807) is 0 Å². The summed E-state index contributed by atoms with van der Waals surface area (Å²) in [7, 11) is 0. The molecular formula is C18H11Br. The van der Waals surface area contributed by atoms with Gasteiger partial charge in [-0.2, -0.15) is 0 Å². The van der Waals surface area contributed by atoms with Gasteiger partial charge in [-0.25, -0.2) is 0 Å². The second-order valence-electron chi connectivity index (χ2n) is 4.81. The lowest BCUT2D eigenvalue weighted by molar-refractivity contribution is 1.73. The third kappa shape index (κ3) is 1.66. The molecule has 0 aliphatic carbocycles. The Bertz CT molecular complexity index is 922. The first-order valence-corrected chi connectivity index (χ1v) is 7.12. The zero-order chi connectivity index (χ0) is 12.8. The van der Waals surface area contributed by atoms with E-state index in [0.29, 0.717) is 0 Å². The van der Waals surface area contributed by atoms with E-state index in [4.69, 9.17) is 0 Å². The molecule has 0 nitrogen and oxygen atoms in total. The fourth-order valence-electron chi connectivity index (χ4n) is 2.80. The van der Waals surface area contributed by atoms with Gasteiger partial charge in [0, 0.05) is 4.47 Å². The summed E-state index contributed by atoms with van der Waals surface area (Å²) in [5.74, 6) is 0. The zero-order valence-electron chi connectivity index (χ0n) is 10.2. The molecule has 0 saturated heterocycles. The molecule has 0 saturated carbocycles. The Labute approximate surface area is 119 Å². The van der Waals surface area contributed by atoms with E-state index in [1.807, 2.05) is 0 Å². The Hall–Kier alpha value is -1.86. The Morgan fingerprint density at radius 2 is 1.16 bits per heavy atom. The van der Waals surface area contributed by atoms with E-state index in [0.717, 1.165) is 4.47 Å². The van der Waals surface area contributed by atoms with Gasteiger partial charge in [-0.05, 0) is 44.5 Å². The van der Waals surface area contributed by atoms with Gasteiger partial charge in [-0.15, -0.1) is 0 Å². The van der Waals surface area contributed by atoms with Crippen molar-refractivity contribution < 1.29 is 0 Å². The zero-order valence-corrected chi connectivity index (χ0v) is 11.8. The maximum atomic E-state index is 3.54. The summed E-state index contributed by atoms with van der Waals surface area (Å²) in [6.45, 7) is 0. The summed E-state index contributed by atoms with van der Waals surface area (Å²) >= 11 is 3.54. The topological polar surface area (TPSA) is 0 Å².